The van der Waals surface area contributed by atoms with Crippen molar-refractivity contribution in [3.8, 4) is 5.75 Å². The predicted octanol–water partition coefficient (Wildman–Crippen LogP) is 2.56. The number of nitrogens with zero attached hydrogens (tertiary/aromatic N) is 2. The number of ether oxygens (including phenoxy) is 1. The van der Waals surface area contributed by atoms with E-state index in [0.717, 1.165) is 6.07 Å². The van der Waals surface area contributed by atoms with Gasteiger partial charge in [0.2, 0.25) is 5.89 Å². The molecule has 1 aromatic heterocycles. The van der Waals surface area contributed by atoms with Crippen molar-refractivity contribution in [2.24, 2.45) is 0 Å². The molecule has 2 N–H and O–H groups in total. The Morgan fingerprint density at radius 3 is 2.70 bits per heavy atom. The molecule has 124 valence electrons. The van der Waals surface area contributed by atoms with Crippen LogP contribution in [-0.2, 0) is 12.7 Å². The number of benzene rings is 1. The first-order valence-electron chi connectivity index (χ1n) is 6.08. The van der Waals surface area contributed by atoms with Crippen molar-refractivity contribution in [3.05, 3.63) is 35.7 Å². The zero-order valence-electron chi connectivity index (χ0n) is 11.6. The normalized spacial score (nSPS) is 11.2. The van der Waals surface area contributed by atoms with Crippen LogP contribution in [0.4, 0.5) is 28.0 Å². The molecule has 2 rings (SSSR count). The fraction of sp³-hybridized carbons (Fsp3) is 0.250. The lowest BCUT2D eigenvalue weighted by molar-refractivity contribution is -0.146. The number of urea groups is 1. The van der Waals surface area contributed by atoms with Crippen LogP contribution in [0.5, 0.6) is 5.75 Å². The number of halogens is 4. The molecule has 0 fully saturated rings. The minimum absolute atomic E-state index is 0.00139. The molecule has 2 amide bonds. The molecular weight excluding hydrogens is 324 g/mol. The quantitative estimate of drug-likeness (QED) is 0.839. The maximum absolute atomic E-state index is 13.4. The second kappa shape index (κ2) is 6.50. The maximum atomic E-state index is 13.4. The second-order valence-corrected chi connectivity index (χ2v) is 4.17. The van der Waals surface area contributed by atoms with E-state index >= 15 is 0 Å². The summed E-state index contributed by atoms with van der Waals surface area (Å²) in [6, 6.07) is 2.92. The van der Waals surface area contributed by atoms with Gasteiger partial charge in [0.05, 0.1) is 13.7 Å². The van der Waals surface area contributed by atoms with Gasteiger partial charge in [-0.2, -0.15) is 18.2 Å². The fourth-order valence-corrected chi connectivity index (χ4v) is 1.52. The molecule has 7 nitrogen and oxygen atoms in total. The van der Waals surface area contributed by atoms with Gasteiger partial charge >= 0.3 is 12.2 Å². The maximum Gasteiger partial charge on any atom is 0.455 e. The van der Waals surface area contributed by atoms with Crippen LogP contribution in [0.3, 0.4) is 0 Å². The molecule has 0 saturated carbocycles. The molecule has 1 heterocycles. The van der Waals surface area contributed by atoms with E-state index in [0.29, 0.717) is 0 Å². The van der Waals surface area contributed by atoms with E-state index in [1.165, 1.54) is 19.2 Å². The Labute approximate surface area is 126 Å². The average molecular weight is 334 g/mol. The SMILES string of the molecule is COc1ccc(NC(=O)NCc2nc(C(F)(F)F)no2)cc1F. The molecular formula is C12H10F4N4O3. The highest BCUT2D eigenvalue weighted by Gasteiger charge is 2.37. The molecule has 0 unspecified atom stereocenters. The molecule has 0 radical (unpaired) electrons. The summed E-state index contributed by atoms with van der Waals surface area (Å²) in [4.78, 5) is 14.6. The van der Waals surface area contributed by atoms with Crippen molar-refractivity contribution in [2.75, 3.05) is 12.4 Å². The van der Waals surface area contributed by atoms with Gasteiger partial charge in [-0.3, -0.25) is 0 Å². The fourth-order valence-electron chi connectivity index (χ4n) is 1.52. The molecule has 11 heteroatoms. The van der Waals surface area contributed by atoms with E-state index < -0.39 is 36.3 Å². The minimum atomic E-state index is -4.73. The monoisotopic (exact) mass is 334 g/mol. The highest BCUT2D eigenvalue weighted by Crippen LogP contribution is 2.26. The van der Waals surface area contributed by atoms with Gasteiger partial charge < -0.3 is 19.9 Å². The van der Waals surface area contributed by atoms with Crippen LogP contribution in [0, 0.1) is 5.82 Å². The minimum Gasteiger partial charge on any atom is -0.494 e. The highest BCUT2D eigenvalue weighted by atomic mass is 19.4. The molecule has 0 aliphatic heterocycles. The van der Waals surface area contributed by atoms with Gasteiger partial charge in [-0.1, -0.05) is 5.16 Å². The van der Waals surface area contributed by atoms with Crippen LogP contribution in [-0.4, -0.2) is 23.3 Å². The number of carbonyl (C=O) groups is 1. The van der Waals surface area contributed by atoms with Gasteiger partial charge in [0, 0.05) is 11.8 Å². The lowest BCUT2D eigenvalue weighted by Crippen LogP contribution is -2.28. The Morgan fingerprint density at radius 1 is 1.39 bits per heavy atom. The number of hydrogen-bond donors (Lipinski definition) is 2. The molecule has 0 atom stereocenters. The summed E-state index contributed by atoms with van der Waals surface area (Å²) in [5, 5.41) is 7.21. The number of amides is 2. The van der Waals surface area contributed by atoms with E-state index in [1.807, 2.05) is 0 Å². The number of carbonyl (C=O) groups excluding carboxylic acids is 1. The number of nitrogens with one attached hydrogen (secondary N) is 2. The number of anilines is 1. The molecule has 23 heavy (non-hydrogen) atoms. The second-order valence-electron chi connectivity index (χ2n) is 4.17. The van der Waals surface area contributed by atoms with Gasteiger partial charge in [-0.25, -0.2) is 9.18 Å². The van der Waals surface area contributed by atoms with E-state index in [2.05, 4.69) is 25.3 Å². The third-order valence-corrected chi connectivity index (χ3v) is 2.53. The Morgan fingerprint density at radius 2 is 2.13 bits per heavy atom. The molecule has 0 spiro atoms. The molecule has 1 aromatic carbocycles. The summed E-state index contributed by atoms with van der Waals surface area (Å²) in [6.07, 6.45) is -4.73. The van der Waals surface area contributed by atoms with Gasteiger partial charge in [0.1, 0.15) is 0 Å². The van der Waals surface area contributed by atoms with E-state index in [-0.39, 0.29) is 11.4 Å². The third-order valence-electron chi connectivity index (χ3n) is 2.53. The summed E-state index contributed by atoms with van der Waals surface area (Å²) in [5.41, 5.74) is 0.127. The standard InChI is InChI=1S/C12H10F4N4O3/c1-22-8-3-2-6(4-7(8)13)18-11(21)17-5-9-19-10(20-23-9)12(14,15)16/h2-4H,5H2,1H3,(H2,17,18,21). The lowest BCUT2D eigenvalue weighted by Gasteiger charge is -2.07. The Hall–Kier alpha value is -2.85. The number of methoxy groups -OCH3 is 1. The first-order valence-corrected chi connectivity index (χ1v) is 6.08. The number of rotatable bonds is 4. The van der Waals surface area contributed by atoms with Crippen molar-refractivity contribution in [1.29, 1.82) is 0 Å². The lowest BCUT2D eigenvalue weighted by atomic mass is 10.3. The predicted molar refractivity (Wildman–Crippen MR) is 68.1 cm³/mol. The van der Waals surface area contributed by atoms with Gasteiger partial charge in [0.25, 0.3) is 5.82 Å². The van der Waals surface area contributed by atoms with E-state index in [9.17, 15) is 22.4 Å². The first kappa shape index (κ1) is 16.5. The van der Waals surface area contributed by atoms with Crippen LogP contribution >= 0.6 is 0 Å². The summed E-state index contributed by atoms with van der Waals surface area (Å²) >= 11 is 0. The summed E-state index contributed by atoms with van der Waals surface area (Å²) in [5.74, 6) is -2.54. The van der Waals surface area contributed by atoms with E-state index in [1.54, 1.807) is 0 Å². The zero-order valence-corrected chi connectivity index (χ0v) is 11.6. The summed E-state index contributed by atoms with van der Waals surface area (Å²) in [6.45, 7) is -0.423. The van der Waals surface area contributed by atoms with Crippen molar-refractivity contribution in [3.63, 3.8) is 0 Å². The number of alkyl halides is 3. The highest BCUT2D eigenvalue weighted by molar-refractivity contribution is 5.89. The van der Waals surface area contributed by atoms with Crippen LogP contribution in [0.1, 0.15) is 11.7 Å². The Kier molecular flexibility index (Phi) is 4.67. The van der Waals surface area contributed by atoms with Crippen molar-refractivity contribution >= 4 is 11.7 Å². The topological polar surface area (TPSA) is 89.3 Å². The van der Waals surface area contributed by atoms with E-state index in [4.69, 9.17) is 4.74 Å². The Bertz CT molecular complexity index is 702. The number of aromatic nitrogens is 2. The molecule has 2 aromatic rings. The zero-order chi connectivity index (χ0) is 17.0. The largest absolute Gasteiger partial charge is 0.494 e. The first-order chi connectivity index (χ1) is 10.8. The summed E-state index contributed by atoms with van der Waals surface area (Å²) < 4.78 is 59.3. The summed E-state index contributed by atoms with van der Waals surface area (Å²) in [7, 11) is 1.29. The molecule has 0 saturated heterocycles. The van der Waals surface area contributed by atoms with Crippen LogP contribution in [0.15, 0.2) is 22.7 Å². The molecule has 0 aliphatic rings. The average Bonchev–Trinajstić information content (AvgIpc) is 2.94. The smallest absolute Gasteiger partial charge is 0.455 e. The number of hydrogen-bond acceptors (Lipinski definition) is 5. The van der Waals surface area contributed by atoms with Gasteiger partial charge in [0.15, 0.2) is 11.6 Å². The van der Waals surface area contributed by atoms with Crippen molar-refractivity contribution in [1.82, 2.24) is 15.5 Å². The van der Waals surface area contributed by atoms with Crippen LogP contribution in [0.25, 0.3) is 0 Å². The third kappa shape index (κ3) is 4.31. The van der Waals surface area contributed by atoms with Crippen LogP contribution in [0.2, 0.25) is 0 Å². The van der Waals surface area contributed by atoms with Gasteiger partial charge in [-0.05, 0) is 12.1 Å². The molecule has 0 bridgehead atoms. The van der Waals surface area contributed by atoms with Gasteiger partial charge in [-0.15, -0.1) is 0 Å². The molecule has 0 aliphatic carbocycles. The van der Waals surface area contributed by atoms with Crippen molar-refractivity contribution < 1.29 is 31.6 Å². The van der Waals surface area contributed by atoms with Crippen molar-refractivity contribution in [2.45, 2.75) is 12.7 Å². The Balaban J connectivity index is 1.90. The van der Waals surface area contributed by atoms with Crippen LogP contribution < -0.4 is 15.4 Å².